The summed E-state index contributed by atoms with van der Waals surface area (Å²) in [6.45, 7) is 34.8. The predicted octanol–water partition coefficient (Wildman–Crippen LogP) is 8.96. The Morgan fingerprint density at radius 1 is 0.853 bits per heavy atom. The first-order valence-corrected chi connectivity index (χ1v) is 26.3. The molecule has 0 aliphatic heterocycles. The molecule has 2 rings (SSSR count). The van der Waals surface area contributed by atoms with Crippen molar-refractivity contribution in [3.63, 3.8) is 0 Å². The summed E-state index contributed by atoms with van der Waals surface area (Å²) in [6, 6.07) is 4.80. The monoisotopic (exact) mass is 676 g/mol. The summed E-state index contributed by atoms with van der Waals surface area (Å²) >= 11 is -0.641. The zero-order chi connectivity index (χ0) is 26.4. The second-order valence-corrected chi connectivity index (χ2v) is 35.5. The number of ether oxygens (including phenoxy) is 1. The molecule has 1 aromatic carbocycles. The van der Waals surface area contributed by atoms with Gasteiger partial charge in [0.05, 0.1) is 0 Å². The maximum atomic E-state index is 6.19. The molecule has 34 heavy (non-hydrogen) atoms. The van der Waals surface area contributed by atoms with E-state index in [0.717, 1.165) is 5.75 Å². The SMILES string of the molecule is COc1c(C(C)(C)C)cc(C)cc1[Si](C)(C)C1=C(C)[C]([Lu]([CH2][Si](C)(C)C)[CH2][Si](C)(C)C)=C(C)C1. The minimum atomic E-state index is -1.91. The Morgan fingerprint density at radius 2 is 1.35 bits per heavy atom. The fraction of sp³-hybridized carbons (Fsp3) is 0.655. The fourth-order valence-electron chi connectivity index (χ4n) is 4.84. The molecule has 0 amide bonds. The van der Waals surface area contributed by atoms with E-state index >= 15 is 0 Å². The van der Waals surface area contributed by atoms with E-state index in [9.17, 15) is 0 Å². The van der Waals surface area contributed by atoms with Gasteiger partial charge in [-0.05, 0) is 0 Å². The molecule has 1 aliphatic rings. The van der Waals surface area contributed by atoms with Crippen molar-refractivity contribution in [3.8, 4) is 5.75 Å². The fourth-order valence-corrected chi connectivity index (χ4v) is 28.9. The summed E-state index contributed by atoms with van der Waals surface area (Å²) in [6.07, 6.45) is 1.19. The van der Waals surface area contributed by atoms with Gasteiger partial charge >= 0.3 is 230 Å². The minimum absolute atomic E-state index is 0.0698. The number of aryl methyl sites for hydroxylation is 1. The molecule has 0 aromatic heterocycles. The zero-order valence-corrected chi connectivity index (χ0v) is 29.6. The second kappa shape index (κ2) is 10.6. The zero-order valence-electron chi connectivity index (χ0n) is 24.9. The Bertz CT molecular complexity index is 966. The van der Waals surface area contributed by atoms with E-state index in [1.54, 1.807) is 16.3 Å². The predicted molar refractivity (Wildman–Crippen MR) is 160 cm³/mol. The number of allylic oxidation sites excluding steroid dienone is 4. The Morgan fingerprint density at radius 3 is 1.76 bits per heavy atom. The van der Waals surface area contributed by atoms with Gasteiger partial charge in [0.15, 0.2) is 0 Å². The molecule has 0 saturated carbocycles. The molecule has 0 fully saturated rings. The van der Waals surface area contributed by atoms with Crippen LogP contribution in [0.3, 0.4) is 0 Å². The normalized spacial score (nSPS) is 16.5. The van der Waals surface area contributed by atoms with Crippen LogP contribution in [0.4, 0.5) is 0 Å². The van der Waals surface area contributed by atoms with Crippen LogP contribution in [0.1, 0.15) is 52.2 Å². The van der Waals surface area contributed by atoms with Crippen molar-refractivity contribution in [1.29, 1.82) is 0 Å². The molecular formula is C29H53LuOSi3. The van der Waals surface area contributed by atoms with E-state index in [1.165, 1.54) is 27.3 Å². The molecule has 5 heteroatoms. The van der Waals surface area contributed by atoms with Crippen molar-refractivity contribution in [2.45, 2.75) is 110 Å². The molecule has 202 valence electrons. The second-order valence-electron chi connectivity index (χ2n) is 14.2. The Hall–Kier alpha value is 0.384. The van der Waals surface area contributed by atoms with Crippen LogP contribution >= 0.6 is 0 Å². The Balaban J connectivity index is 2.68. The molecule has 0 spiro atoms. The summed E-state index contributed by atoms with van der Waals surface area (Å²) in [5.74, 6) is 1.15. The van der Waals surface area contributed by atoms with Gasteiger partial charge < -0.3 is 0 Å². The molecule has 1 aliphatic carbocycles. The number of rotatable bonds is 8. The molecule has 0 heterocycles. The Kier molecular flexibility index (Phi) is 9.57. The third-order valence-corrected chi connectivity index (χ3v) is 28.7. The molecule has 0 atom stereocenters. The molecule has 1 nitrogen and oxygen atoms in total. The van der Waals surface area contributed by atoms with Crippen LogP contribution in [-0.2, 0) is 5.41 Å². The van der Waals surface area contributed by atoms with E-state index in [0.29, 0.717) is 0 Å². The first-order chi connectivity index (χ1) is 15.2. The maximum absolute atomic E-state index is 6.19. The number of benzene rings is 1. The van der Waals surface area contributed by atoms with Gasteiger partial charge in [-0.25, -0.2) is 0 Å². The molecule has 0 saturated heterocycles. The third kappa shape index (κ3) is 7.24. The van der Waals surface area contributed by atoms with Crippen LogP contribution in [0.15, 0.2) is 30.3 Å². The molecule has 0 radical (unpaired) electrons. The summed E-state index contributed by atoms with van der Waals surface area (Å²) in [7, 11) is -2.28. The number of hydrogen-bond donors (Lipinski definition) is 0. The number of hydrogen-bond acceptors (Lipinski definition) is 1. The third-order valence-electron chi connectivity index (χ3n) is 6.13. The topological polar surface area (TPSA) is 9.23 Å². The van der Waals surface area contributed by atoms with Crippen LogP contribution in [0, 0.1) is 38.0 Å². The van der Waals surface area contributed by atoms with Gasteiger partial charge in [0.1, 0.15) is 0 Å². The molecule has 1 aromatic rings. The van der Waals surface area contributed by atoms with Crippen molar-refractivity contribution in [1.82, 2.24) is 0 Å². The summed E-state index contributed by atoms with van der Waals surface area (Å²) in [5, 5.41) is 3.26. The van der Waals surface area contributed by atoms with Gasteiger partial charge in [-0.15, -0.1) is 0 Å². The quantitative estimate of drug-likeness (QED) is 0.250. The molecule has 0 unspecified atom stereocenters. The van der Waals surface area contributed by atoms with E-state index in [1.807, 2.05) is 8.90 Å². The average molecular weight is 677 g/mol. The van der Waals surface area contributed by atoms with E-state index in [4.69, 9.17) is 4.74 Å². The number of methoxy groups -OCH3 is 1. The molecule has 0 N–H and O–H groups in total. The van der Waals surface area contributed by atoms with Gasteiger partial charge in [-0.2, -0.15) is 0 Å². The summed E-state index contributed by atoms with van der Waals surface area (Å²) in [5.41, 5.74) is 6.18. The van der Waals surface area contributed by atoms with Gasteiger partial charge in [0.25, 0.3) is 0 Å². The van der Waals surface area contributed by atoms with Crippen LogP contribution in [0.2, 0.25) is 56.9 Å². The van der Waals surface area contributed by atoms with Crippen LogP contribution in [-0.4, -0.2) is 31.3 Å². The van der Waals surface area contributed by atoms with Crippen LogP contribution < -0.4 is 9.92 Å². The standard InChI is InChI=1S/C21H31OSi.2C4H11Si.Lu/c1-14-10-16(3)18(12-14)23(8,9)19-13-15(2)11-17(20(19)22-7)21(4,5)6;2*1-5(2,3)4;/h11,13H,12H2,1-9H3;2*1H2,2-4H3;. The first-order valence-electron chi connectivity index (χ1n) is 12.7. The van der Waals surface area contributed by atoms with Gasteiger partial charge in [0.2, 0.25) is 0 Å². The van der Waals surface area contributed by atoms with Crippen molar-refractivity contribution in [3.05, 3.63) is 41.4 Å². The van der Waals surface area contributed by atoms with Crippen molar-refractivity contribution in [2.24, 2.45) is 0 Å². The van der Waals surface area contributed by atoms with Crippen molar-refractivity contribution < 1.29 is 35.9 Å². The molecular weight excluding hydrogens is 624 g/mol. The molecule has 0 bridgehead atoms. The summed E-state index contributed by atoms with van der Waals surface area (Å²) < 4.78 is 11.1. The Labute approximate surface area is 227 Å². The van der Waals surface area contributed by atoms with Crippen LogP contribution in [0.5, 0.6) is 5.75 Å². The van der Waals surface area contributed by atoms with E-state index in [-0.39, 0.29) is 5.41 Å². The first kappa shape index (κ1) is 30.6. The van der Waals surface area contributed by atoms with Crippen LogP contribution in [0.25, 0.3) is 0 Å². The summed E-state index contributed by atoms with van der Waals surface area (Å²) in [4.78, 5) is 0. The van der Waals surface area contributed by atoms with Gasteiger partial charge in [-0.3, -0.25) is 0 Å². The van der Waals surface area contributed by atoms with E-state index < -0.39 is 55.3 Å². The average Bonchev–Trinajstić information content (AvgIpc) is 2.92. The van der Waals surface area contributed by atoms with E-state index in [2.05, 4.69) is 106 Å². The van der Waals surface area contributed by atoms with Crippen molar-refractivity contribution >= 4 is 29.4 Å². The van der Waals surface area contributed by atoms with Crippen molar-refractivity contribution in [2.75, 3.05) is 7.11 Å². The van der Waals surface area contributed by atoms with Gasteiger partial charge in [0, 0.05) is 0 Å². The van der Waals surface area contributed by atoms with Gasteiger partial charge in [-0.1, -0.05) is 0 Å².